The van der Waals surface area contributed by atoms with E-state index in [0.717, 1.165) is 51.4 Å². The number of aliphatic hydroxyl groups excluding tert-OH is 2. The zero-order valence-corrected chi connectivity index (χ0v) is 37.6. The molecule has 0 saturated carbocycles. The van der Waals surface area contributed by atoms with Gasteiger partial charge < -0.3 is 57.6 Å². The predicted octanol–water partition coefficient (Wildman–Crippen LogP) is 5.82. The Bertz CT molecular complexity index is 1640. The van der Waals surface area contributed by atoms with E-state index in [1.54, 1.807) is 0 Å². The minimum atomic E-state index is -0.622. The first-order valence-electron chi connectivity index (χ1n) is 24.6. The number of carbonyl (C=O) groups is 1. The molecule has 0 aliphatic carbocycles. The van der Waals surface area contributed by atoms with Crippen LogP contribution in [0.1, 0.15) is 131 Å². The molecule has 1 unspecified atom stereocenters. The van der Waals surface area contributed by atoms with Crippen molar-refractivity contribution in [2.24, 2.45) is 17.8 Å². The quantitative estimate of drug-likeness (QED) is 0.259. The first kappa shape index (κ1) is 44.4. The van der Waals surface area contributed by atoms with Crippen molar-refractivity contribution in [1.29, 1.82) is 0 Å². The van der Waals surface area contributed by atoms with E-state index in [0.29, 0.717) is 50.9 Å². The van der Waals surface area contributed by atoms with Crippen molar-refractivity contribution in [3.05, 3.63) is 24.3 Å². The van der Waals surface area contributed by atoms with Crippen LogP contribution in [0.3, 0.4) is 0 Å². The molecule has 10 aliphatic rings. The second kappa shape index (κ2) is 18.0. The molecule has 62 heavy (non-hydrogen) atoms. The molecule has 8 fully saturated rings. The molecular weight excluding hydrogens is 797 g/mol. The van der Waals surface area contributed by atoms with Crippen molar-refractivity contribution in [3.8, 4) is 0 Å². The van der Waals surface area contributed by atoms with Crippen molar-refractivity contribution in [1.82, 2.24) is 0 Å². The summed E-state index contributed by atoms with van der Waals surface area (Å²) >= 11 is 0. The van der Waals surface area contributed by atoms with Gasteiger partial charge in [-0.15, -0.1) is 0 Å². The fraction of sp³-hybridized carbons (Fsp3) is 0.898. The van der Waals surface area contributed by atoms with Crippen LogP contribution in [-0.2, 0) is 52.2 Å². The topological polar surface area (TPSA) is 150 Å². The molecule has 23 atom stereocenters. The van der Waals surface area contributed by atoms with E-state index in [4.69, 9.17) is 47.4 Å². The molecule has 10 heterocycles. The van der Waals surface area contributed by atoms with Crippen molar-refractivity contribution in [3.63, 3.8) is 0 Å². The minimum absolute atomic E-state index is 0.0803. The summed E-state index contributed by atoms with van der Waals surface area (Å²) < 4.78 is 68.4. The maximum Gasteiger partial charge on any atom is 0.308 e. The highest BCUT2D eigenvalue weighted by Gasteiger charge is 2.57. The zero-order chi connectivity index (χ0) is 42.9. The first-order chi connectivity index (χ1) is 29.8. The molecule has 10 rings (SSSR count). The lowest BCUT2D eigenvalue weighted by atomic mass is 9.78. The Balaban J connectivity index is 0.815. The molecule has 348 valence electrons. The second-order valence-corrected chi connectivity index (χ2v) is 21.7. The van der Waals surface area contributed by atoms with Crippen molar-refractivity contribution >= 4 is 5.97 Å². The second-order valence-electron chi connectivity index (χ2n) is 21.7. The third-order valence-corrected chi connectivity index (χ3v) is 16.5. The van der Waals surface area contributed by atoms with E-state index < -0.39 is 23.4 Å². The largest absolute Gasteiger partial charge is 0.459 e. The van der Waals surface area contributed by atoms with Crippen molar-refractivity contribution in [2.75, 3.05) is 6.61 Å². The summed E-state index contributed by atoms with van der Waals surface area (Å²) in [6.07, 6.45) is 16.2. The zero-order valence-electron chi connectivity index (χ0n) is 37.6. The summed E-state index contributed by atoms with van der Waals surface area (Å²) in [5, 5.41) is 20.9. The van der Waals surface area contributed by atoms with Crippen LogP contribution < -0.4 is 0 Å². The number of hydrogen-bond acceptors (Lipinski definition) is 13. The van der Waals surface area contributed by atoms with Crippen molar-refractivity contribution in [2.45, 2.75) is 252 Å². The predicted molar refractivity (Wildman–Crippen MR) is 225 cm³/mol. The Kier molecular flexibility index (Phi) is 12.8. The van der Waals surface area contributed by atoms with Gasteiger partial charge in [-0.1, -0.05) is 45.1 Å². The number of carbonyl (C=O) groups excluding carboxylic acids is 1. The van der Waals surface area contributed by atoms with Gasteiger partial charge in [0.25, 0.3) is 0 Å². The summed E-state index contributed by atoms with van der Waals surface area (Å²) in [6.45, 7) is 11.0. The number of hydrogen-bond donors (Lipinski definition) is 2. The van der Waals surface area contributed by atoms with Gasteiger partial charge in [-0.25, -0.2) is 0 Å². The monoisotopic (exact) mass is 871 g/mol. The van der Waals surface area contributed by atoms with E-state index in [-0.39, 0.29) is 122 Å². The lowest BCUT2D eigenvalue weighted by Crippen LogP contribution is -2.65. The third kappa shape index (κ3) is 8.89. The molecule has 0 aromatic heterocycles. The van der Waals surface area contributed by atoms with Gasteiger partial charge in [0.2, 0.25) is 0 Å². The average molecular weight is 871 g/mol. The number of aliphatic hydroxyl groups is 2. The molecule has 8 saturated heterocycles. The van der Waals surface area contributed by atoms with Gasteiger partial charge in [0.05, 0.1) is 103 Å². The molecule has 10 aliphatic heterocycles. The SMILES string of the molecule is CC(CO)C[C@@H]1C[C@H](O)[C@@H]2O[C@@H]3C[C@]4(C)O[C@@H]5/C=C\C[C@@H]6O[C@H]7[C@H](C/C=C\C[C@H]6O[C@H]5CCC[C@H]4O[C@H]3C[C@H]2O1)O[C@@H]1C[C@@H]2O[C@@H]3CC(=O)O[C@H]3C[C@@H](C)C[C@@]2(C)O[C@H]1C[C@@H]7C. The molecule has 13 nitrogen and oxygen atoms in total. The van der Waals surface area contributed by atoms with E-state index in [1.807, 2.05) is 6.92 Å². The van der Waals surface area contributed by atoms with Gasteiger partial charge in [0.1, 0.15) is 24.4 Å². The Morgan fingerprint density at radius 2 is 1.39 bits per heavy atom. The average Bonchev–Trinajstić information content (AvgIpc) is 3.52. The van der Waals surface area contributed by atoms with E-state index in [1.165, 1.54) is 0 Å². The van der Waals surface area contributed by atoms with Crippen molar-refractivity contribution < 1.29 is 62.4 Å². The Morgan fingerprint density at radius 3 is 2.23 bits per heavy atom. The summed E-state index contributed by atoms with van der Waals surface area (Å²) in [6, 6.07) is 0. The molecule has 2 N–H and O–H groups in total. The van der Waals surface area contributed by atoms with Crippen LogP contribution in [0.5, 0.6) is 0 Å². The van der Waals surface area contributed by atoms with Gasteiger partial charge in [0.15, 0.2) is 0 Å². The number of ether oxygens (including phenoxy) is 10. The first-order valence-corrected chi connectivity index (χ1v) is 24.6. The Labute approximate surface area is 368 Å². The standard InChI is InChI=1S/C49H74O13/c1-26-17-36-39(22-45(52)58-36)57-44-21-38-40(62-48(44,4)23-26)18-28(3)46-35(55-38)11-7-6-10-31-32(59-46)12-8-14-34-33(54-31)13-9-15-43-49(5,61-34)24-42-37(56-43)20-41-47(60-42)30(51)19-29(53-41)16-27(2)25-50/h6-8,14,26-44,46-47,50-51H,9-13,15-25H2,1-5H3/b7-6-,14-8-/t26-,27?,28+,29-,30+,31-,32+,33+,34-,35+,36+,37+,38-,39-,40+,41-,42-,43-,44+,46-,47+,48-,49+/m1/s1. The molecule has 0 aromatic rings. The van der Waals surface area contributed by atoms with Gasteiger partial charge in [-0.2, -0.15) is 0 Å². The van der Waals surface area contributed by atoms with Gasteiger partial charge in [-0.3, -0.25) is 4.79 Å². The third-order valence-electron chi connectivity index (χ3n) is 16.5. The van der Waals surface area contributed by atoms with E-state index in [9.17, 15) is 15.0 Å². The van der Waals surface area contributed by atoms with Crippen LogP contribution in [0.25, 0.3) is 0 Å². The van der Waals surface area contributed by atoms with Crippen LogP contribution in [0.15, 0.2) is 24.3 Å². The maximum atomic E-state index is 12.3. The van der Waals surface area contributed by atoms with Crippen LogP contribution in [0.2, 0.25) is 0 Å². The van der Waals surface area contributed by atoms with Gasteiger partial charge in [0, 0.05) is 32.3 Å². The van der Waals surface area contributed by atoms with Gasteiger partial charge >= 0.3 is 5.97 Å². The summed E-state index contributed by atoms with van der Waals surface area (Å²) in [4.78, 5) is 12.3. The molecule has 0 radical (unpaired) electrons. The smallest absolute Gasteiger partial charge is 0.308 e. The number of rotatable bonds is 3. The Hall–Kier alpha value is -1.49. The molecule has 0 amide bonds. The fourth-order valence-electron chi connectivity index (χ4n) is 13.4. The van der Waals surface area contributed by atoms with Crippen LogP contribution >= 0.6 is 0 Å². The molecule has 13 heteroatoms. The maximum absolute atomic E-state index is 12.3. The molecule has 0 bridgehead atoms. The minimum Gasteiger partial charge on any atom is -0.459 e. The van der Waals surface area contributed by atoms with Crippen LogP contribution in [0.4, 0.5) is 0 Å². The van der Waals surface area contributed by atoms with Gasteiger partial charge in [-0.05, 0) is 95.8 Å². The fourth-order valence-corrected chi connectivity index (χ4v) is 13.4. The Morgan fingerprint density at radius 1 is 0.661 bits per heavy atom. The molecule has 0 aromatic carbocycles. The summed E-state index contributed by atoms with van der Waals surface area (Å²) in [5.74, 6) is 0.467. The molecule has 0 spiro atoms. The number of esters is 1. The lowest BCUT2D eigenvalue weighted by molar-refractivity contribution is -0.317. The normalized spacial score (nSPS) is 54.5. The van der Waals surface area contributed by atoms with Crippen LogP contribution in [-0.4, -0.2) is 144 Å². The highest BCUT2D eigenvalue weighted by atomic mass is 16.6. The summed E-state index contributed by atoms with van der Waals surface area (Å²) in [5.41, 5.74) is -1.08. The van der Waals surface area contributed by atoms with E-state index >= 15 is 0 Å². The van der Waals surface area contributed by atoms with Crippen LogP contribution in [0, 0.1) is 17.8 Å². The highest BCUT2D eigenvalue weighted by molar-refractivity contribution is 5.72. The molecular formula is C49H74O13. The highest BCUT2D eigenvalue weighted by Crippen LogP contribution is 2.48. The summed E-state index contributed by atoms with van der Waals surface area (Å²) in [7, 11) is 0. The lowest BCUT2D eigenvalue weighted by Gasteiger charge is -2.55. The number of fused-ring (bicyclic) bond motifs is 9. The van der Waals surface area contributed by atoms with E-state index in [2.05, 4.69) is 52.0 Å².